The van der Waals surface area contributed by atoms with Crippen molar-refractivity contribution in [3.63, 3.8) is 0 Å². The minimum absolute atomic E-state index is 0.0643. The Morgan fingerprint density at radius 3 is 2.29 bits per heavy atom. The lowest BCUT2D eigenvalue weighted by atomic mass is 10.1. The molecular formula is C18H17ClF2N2O. The lowest BCUT2D eigenvalue weighted by Gasteiger charge is -2.36. The van der Waals surface area contributed by atoms with E-state index in [1.165, 1.54) is 18.2 Å². The first kappa shape index (κ1) is 16.7. The molecule has 2 aromatic carbocycles. The summed E-state index contributed by atoms with van der Waals surface area (Å²) in [5.41, 5.74) is 0.766. The number of halogens is 3. The Kier molecular flexibility index (Phi) is 5.00. The molecule has 0 unspecified atom stereocenters. The molecule has 126 valence electrons. The lowest BCUT2D eigenvalue weighted by Crippen LogP contribution is -2.49. The highest BCUT2D eigenvalue weighted by molar-refractivity contribution is 6.31. The summed E-state index contributed by atoms with van der Waals surface area (Å²) < 4.78 is 27.6. The van der Waals surface area contributed by atoms with Crippen LogP contribution in [0.3, 0.4) is 0 Å². The third kappa shape index (κ3) is 3.51. The molecule has 24 heavy (non-hydrogen) atoms. The van der Waals surface area contributed by atoms with Gasteiger partial charge in [0.1, 0.15) is 11.6 Å². The number of anilines is 1. The van der Waals surface area contributed by atoms with Gasteiger partial charge in [0.2, 0.25) is 5.91 Å². The topological polar surface area (TPSA) is 23.6 Å². The molecule has 0 atom stereocenters. The van der Waals surface area contributed by atoms with Crippen molar-refractivity contribution in [2.24, 2.45) is 0 Å². The summed E-state index contributed by atoms with van der Waals surface area (Å²) in [6, 6.07) is 11.0. The van der Waals surface area contributed by atoms with Crippen LogP contribution >= 0.6 is 11.6 Å². The average Bonchev–Trinajstić information content (AvgIpc) is 2.59. The van der Waals surface area contributed by atoms with Crippen molar-refractivity contribution in [2.75, 3.05) is 31.1 Å². The Bertz CT molecular complexity index is 725. The van der Waals surface area contributed by atoms with E-state index in [0.717, 1.165) is 0 Å². The number of hydrogen-bond acceptors (Lipinski definition) is 2. The summed E-state index contributed by atoms with van der Waals surface area (Å²) in [6.45, 7) is 2.02. The standard InChI is InChI=1S/C18H17ClF2N2O/c19-14-4-3-6-15(20)13(14)12-18(24)23-10-8-22(9-11-23)17-7-2-1-5-16(17)21/h1-7H,8-12H2. The zero-order chi connectivity index (χ0) is 17.1. The average molecular weight is 351 g/mol. The molecule has 3 rings (SSSR count). The van der Waals surface area contributed by atoms with Gasteiger partial charge in [0, 0.05) is 36.8 Å². The van der Waals surface area contributed by atoms with E-state index in [1.807, 2.05) is 4.90 Å². The second-order valence-corrected chi connectivity index (χ2v) is 6.10. The van der Waals surface area contributed by atoms with Crippen molar-refractivity contribution in [3.05, 3.63) is 64.7 Å². The van der Waals surface area contributed by atoms with Gasteiger partial charge in [-0.25, -0.2) is 8.78 Å². The smallest absolute Gasteiger partial charge is 0.227 e. The van der Waals surface area contributed by atoms with E-state index in [9.17, 15) is 13.6 Å². The van der Waals surface area contributed by atoms with Crippen LogP contribution in [-0.2, 0) is 11.2 Å². The molecule has 1 heterocycles. The fourth-order valence-electron chi connectivity index (χ4n) is 2.87. The van der Waals surface area contributed by atoms with E-state index in [4.69, 9.17) is 11.6 Å². The van der Waals surface area contributed by atoms with Crippen LogP contribution in [0.1, 0.15) is 5.56 Å². The number of carbonyl (C=O) groups is 1. The van der Waals surface area contributed by atoms with E-state index in [0.29, 0.717) is 31.9 Å². The third-order valence-electron chi connectivity index (χ3n) is 4.22. The molecule has 6 heteroatoms. The van der Waals surface area contributed by atoms with E-state index < -0.39 is 5.82 Å². The second-order valence-electron chi connectivity index (χ2n) is 5.70. The molecule has 1 amide bonds. The number of piperazine rings is 1. The van der Waals surface area contributed by atoms with E-state index in [-0.39, 0.29) is 28.7 Å². The van der Waals surface area contributed by atoms with Crippen LogP contribution in [-0.4, -0.2) is 37.0 Å². The lowest BCUT2D eigenvalue weighted by molar-refractivity contribution is -0.130. The van der Waals surface area contributed by atoms with Crippen LogP contribution in [0.15, 0.2) is 42.5 Å². The number of rotatable bonds is 3. The van der Waals surface area contributed by atoms with Gasteiger partial charge in [-0.15, -0.1) is 0 Å². The van der Waals surface area contributed by atoms with Crippen molar-refractivity contribution in [2.45, 2.75) is 6.42 Å². The summed E-state index contributed by atoms with van der Waals surface area (Å²) in [6.07, 6.45) is -0.0643. The summed E-state index contributed by atoms with van der Waals surface area (Å²) in [5, 5.41) is 0.258. The Balaban J connectivity index is 1.62. The molecule has 1 saturated heterocycles. The molecule has 0 N–H and O–H groups in total. The SMILES string of the molecule is O=C(Cc1c(F)cccc1Cl)N1CCN(c2ccccc2F)CC1. The van der Waals surface area contributed by atoms with Crippen LogP contribution in [0.5, 0.6) is 0 Å². The molecule has 1 aliphatic heterocycles. The van der Waals surface area contributed by atoms with Crippen LogP contribution in [0, 0.1) is 11.6 Å². The molecule has 3 nitrogen and oxygen atoms in total. The minimum atomic E-state index is -0.471. The maximum Gasteiger partial charge on any atom is 0.227 e. The summed E-state index contributed by atoms with van der Waals surface area (Å²) in [4.78, 5) is 16.0. The fraction of sp³-hybridized carbons (Fsp3) is 0.278. The predicted molar refractivity (Wildman–Crippen MR) is 90.3 cm³/mol. The summed E-state index contributed by atoms with van der Waals surface area (Å²) >= 11 is 5.97. The number of benzene rings is 2. The molecule has 0 bridgehead atoms. The van der Waals surface area contributed by atoms with Gasteiger partial charge in [0.05, 0.1) is 12.1 Å². The Morgan fingerprint density at radius 1 is 0.958 bits per heavy atom. The summed E-state index contributed by atoms with van der Waals surface area (Å²) in [7, 11) is 0. The van der Waals surface area contributed by atoms with Crippen molar-refractivity contribution in [1.82, 2.24) is 4.90 Å². The van der Waals surface area contributed by atoms with Gasteiger partial charge in [0.15, 0.2) is 0 Å². The maximum absolute atomic E-state index is 13.8. The van der Waals surface area contributed by atoms with Gasteiger partial charge in [-0.1, -0.05) is 29.8 Å². The van der Waals surface area contributed by atoms with Crippen molar-refractivity contribution >= 4 is 23.2 Å². The first-order valence-corrected chi connectivity index (χ1v) is 8.14. The van der Waals surface area contributed by atoms with Gasteiger partial charge in [-0.3, -0.25) is 4.79 Å². The molecule has 2 aromatic rings. The highest BCUT2D eigenvalue weighted by Gasteiger charge is 2.24. The van der Waals surface area contributed by atoms with Gasteiger partial charge >= 0.3 is 0 Å². The number of carbonyl (C=O) groups excluding carboxylic acids is 1. The Morgan fingerprint density at radius 2 is 1.62 bits per heavy atom. The third-order valence-corrected chi connectivity index (χ3v) is 4.57. The van der Waals surface area contributed by atoms with Gasteiger partial charge in [-0.2, -0.15) is 0 Å². The molecule has 0 aromatic heterocycles. The fourth-order valence-corrected chi connectivity index (χ4v) is 3.10. The maximum atomic E-state index is 13.8. The van der Waals surface area contributed by atoms with Gasteiger partial charge in [-0.05, 0) is 24.3 Å². The number of nitrogens with zero attached hydrogens (tertiary/aromatic N) is 2. The molecule has 0 radical (unpaired) electrons. The molecule has 0 spiro atoms. The Labute approximate surface area is 144 Å². The van der Waals surface area contributed by atoms with E-state index in [2.05, 4.69) is 0 Å². The van der Waals surface area contributed by atoms with Crippen LogP contribution in [0.2, 0.25) is 5.02 Å². The monoisotopic (exact) mass is 350 g/mol. The largest absolute Gasteiger partial charge is 0.366 e. The molecule has 0 aliphatic carbocycles. The second kappa shape index (κ2) is 7.18. The van der Waals surface area contributed by atoms with Crippen molar-refractivity contribution in [3.8, 4) is 0 Å². The van der Waals surface area contributed by atoms with Crippen LogP contribution in [0.4, 0.5) is 14.5 Å². The van der Waals surface area contributed by atoms with Crippen molar-refractivity contribution < 1.29 is 13.6 Å². The van der Waals surface area contributed by atoms with Gasteiger partial charge < -0.3 is 9.80 Å². The van der Waals surface area contributed by atoms with E-state index in [1.54, 1.807) is 29.2 Å². The highest BCUT2D eigenvalue weighted by Crippen LogP contribution is 2.22. The molecular weight excluding hydrogens is 334 g/mol. The quantitative estimate of drug-likeness (QED) is 0.845. The minimum Gasteiger partial charge on any atom is -0.366 e. The van der Waals surface area contributed by atoms with E-state index >= 15 is 0 Å². The number of amides is 1. The molecule has 1 aliphatic rings. The molecule has 0 saturated carbocycles. The zero-order valence-electron chi connectivity index (χ0n) is 13.0. The Hall–Kier alpha value is -2.14. The van der Waals surface area contributed by atoms with Crippen molar-refractivity contribution in [1.29, 1.82) is 0 Å². The number of para-hydroxylation sites is 1. The first-order chi connectivity index (χ1) is 11.6. The predicted octanol–water partition coefficient (Wildman–Crippen LogP) is 3.51. The number of hydrogen-bond donors (Lipinski definition) is 0. The molecule has 1 fully saturated rings. The zero-order valence-corrected chi connectivity index (χ0v) is 13.8. The van der Waals surface area contributed by atoms with Gasteiger partial charge in [0.25, 0.3) is 0 Å². The highest BCUT2D eigenvalue weighted by atomic mass is 35.5. The van der Waals surface area contributed by atoms with Crippen LogP contribution < -0.4 is 4.90 Å². The first-order valence-electron chi connectivity index (χ1n) is 7.76. The summed E-state index contributed by atoms with van der Waals surface area (Å²) in [5.74, 6) is -0.911. The normalized spacial score (nSPS) is 14.8. The van der Waals surface area contributed by atoms with Crippen LogP contribution in [0.25, 0.3) is 0 Å².